The molecule has 5 heteroatoms. The van der Waals surface area contributed by atoms with E-state index < -0.39 is 6.09 Å². The predicted octanol–water partition coefficient (Wildman–Crippen LogP) is 1.75. The van der Waals surface area contributed by atoms with Gasteiger partial charge in [0, 0.05) is 7.05 Å². The Hall–Kier alpha value is -2.04. The van der Waals surface area contributed by atoms with E-state index in [4.69, 9.17) is 0 Å². The van der Waals surface area contributed by atoms with E-state index >= 15 is 0 Å². The van der Waals surface area contributed by atoms with Gasteiger partial charge in [0.05, 0.1) is 18.1 Å². The lowest BCUT2D eigenvalue weighted by Gasteiger charge is -2.02. The van der Waals surface area contributed by atoms with Gasteiger partial charge in [0.25, 0.3) is 0 Å². The molecule has 2 aromatic rings. The van der Waals surface area contributed by atoms with Crippen LogP contribution >= 0.6 is 0 Å². The van der Waals surface area contributed by atoms with Gasteiger partial charge in [-0.1, -0.05) is 12.1 Å². The minimum Gasteiger partial charge on any atom is -0.453 e. The molecule has 0 unspecified atom stereocenters. The van der Waals surface area contributed by atoms with Gasteiger partial charge in [0.2, 0.25) is 5.95 Å². The molecule has 0 spiro atoms. The van der Waals surface area contributed by atoms with Crippen molar-refractivity contribution in [1.82, 2.24) is 9.55 Å². The Labute approximate surface area is 86.7 Å². The Bertz CT molecular complexity index is 504. The number of hydrogen-bond acceptors (Lipinski definition) is 3. The van der Waals surface area contributed by atoms with Crippen LogP contribution in [0.2, 0.25) is 0 Å². The zero-order valence-corrected chi connectivity index (χ0v) is 8.52. The molecule has 0 aliphatic rings. The summed E-state index contributed by atoms with van der Waals surface area (Å²) in [5.41, 5.74) is 1.80. The molecule has 0 atom stereocenters. The molecule has 0 aliphatic carbocycles. The number of rotatable bonds is 1. The van der Waals surface area contributed by atoms with Gasteiger partial charge in [-0.15, -0.1) is 0 Å². The maximum Gasteiger partial charge on any atom is 0.413 e. The van der Waals surface area contributed by atoms with Crippen molar-refractivity contribution in [2.24, 2.45) is 7.05 Å². The summed E-state index contributed by atoms with van der Waals surface area (Å²) in [4.78, 5) is 15.3. The van der Waals surface area contributed by atoms with Crippen molar-refractivity contribution in [2.75, 3.05) is 12.4 Å². The SMILES string of the molecule is COC(=O)Nc1nc2ccccc2n1C. The van der Waals surface area contributed by atoms with Crippen molar-refractivity contribution in [3.05, 3.63) is 24.3 Å². The number of ether oxygens (including phenoxy) is 1. The average molecular weight is 205 g/mol. The van der Waals surface area contributed by atoms with Crippen LogP contribution in [0, 0.1) is 0 Å². The van der Waals surface area contributed by atoms with Gasteiger partial charge in [-0.05, 0) is 12.1 Å². The van der Waals surface area contributed by atoms with E-state index in [0.29, 0.717) is 5.95 Å². The molecule has 5 nitrogen and oxygen atoms in total. The molecule has 1 amide bonds. The van der Waals surface area contributed by atoms with Crippen molar-refractivity contribution < 1.29 is 9.53 Å². The minimum absolute atomic E-state index is 0.475. The number of methoxy groups -OCH3 is 1. The standard InChI is InChI=1S/C10H11N3O2/c1-13-8-6-4-3-5-7(8)11-9(13)12-10(14)15-2/h3-6H,1-2H3,(H,11,12,14). The second-order valence-electron chi connectivity index (χ2n) is 3.10. The third kappa shape index (κ3) is 1.63. The fraction of sp³-hybridized carbons (Fsp3) is 0.200. The number of aromatic nitrogens is 2. The maximum absolute atomic E-state index is 11.0. The highest BCUT2D eigenvalue weighted by atomic mass is 16.5. The number of carbonyl (C=O) groups is 1. The van der Waals surface area contributed by atoms with Gasteiger partial charge in [0.15, 0.2) is 0 Å². The monoisotopic (exact) mass is 205 g/mol. The number of nitrogens with zero attached hydrogens (tertiary/aromatic N) is 2. The zero-order chi connectivity index (χ0) is 10.8. The summed E-state index contributed by atoms with van der Waals surface area (Å²) >= 11 is 0. The van der Waals surface area contributed by atoms with Crippen LogP contribution in [0.1, 0.15) is 0 Å². The topological polar surface area (TPSA) is 56.1 Å². The molecule has 15 heavy (non-hydrogen) atoms. The number of imidazole rings is 1. The van der Waals surface area contributed by atoms with E-state index in [2.05, 4.69) is 15.0 Å². The Kier molecular flexibility index (Phi) is 2.29. The van der Waals surface area contributed by atoms with Gasteiger partial charge >= 0.3 is 6.09 Å². The van der Waals surface area contributed by atoms with Crippen molar-refractivity contribution >= 4 is 23.1 Å². The highest BCUT2D eigenvalue weighted by Crippen LogP contribution is 2.17. The second-order valence-corrected chi connectivity index (χ2v) is 3.10. The number of carbonyl (C=O) groups excluding carboxylic acids is 1. The molecule has 0 saturated heterocycles. The molecule has 1 aromatic carbocycles. The number of aryl methyl sites for hydroxylation is 1. The Balaban J connectivity index is 2.44. The molecule has 1 N–H and O–H groups in total. The van der Waals surface area contributed by atoms with Crippen molar-refractivity contribution in [1.29, 1.82) is 0 Å². The van der Waals surface area contributed by atoms with Crippen LogP contribution < -0.4 is 5.32 Å². The van der Waals surface area contributed by atoms with E-state index in [0.717, 1.165) is 11.0 Å². The van der Waals surface area contributed by atoms with Crippen LogP contribution in [0.5, 0.6) is 0 Å². The number of hydrogen-bond donors (Lipinski definition) is 1. The number of anilines is 1. The maximum atomic E-state index is 11.0. The number of para-hydroxylation sites is 2. The Morgan fingerprint density at radius 3 is 2.87 bits per heavy atom. The first-order chi connectivity index (χ1) is 7.22. The van der Waals surface area contributed by atoms with Crippen LogP contribution in [0.3, 0.4) is 0 Å². The van der Waals surface area contributed by atoms with Gasteiger partial charge in [-0.25, -0.2) is 9.78 Å². The lowest BCUT2D eigenvalue weighted by Crippen LogP contribution is -2.14. The van der Waals surface area contributed by atoms with E-state index in [1.807, 2.05) is 31.3 Å². The highest BCUT2D eigenvalue weighted by molar-refractivity contribution is 5.86. The van der Waals surface area contributed by atoms with Gasteiger partial charge in [0.1, 0.15) is 0 Å². The summed E-state index contributed by atoms with van der Waals surface area (Å²) < 4.78 is 6.30. The summed E-state index contributed by atoms with van der Waals surface area (Å²) in [6, 6.07) is 7.64. The third-order valence-electron chi connectivity index (χ3n) is 2.19. The van der Waals surface area contributed by atoms with Crippen LogP contribution in [-0.4, -0.2) is 22.8 Å². The molecule has 78 valence electrons. The molecular weight excluding hydrogens is 194 g/mol. The number of nitrogens with one attached hydrogen (secondary N) is 1. The lowest BCUT2D eigenvalue weighted by molar-refractivity contribution is 0.186. The Morgan fingerprint density at radius 2 is 2.20 bits per heavy atom. The molecule has 2 rings (SSSR count). The molecule has 0 bridgehead atoms. The quantitative estimate of drug-likeness (QED) is 0.771. The lowest BCUT2D eigenvalue weighted by atomic mass is 10.3. The normalized spacial score (nSPS) is 10.3. The smallest absolute Gasteiger partial charge is 0.413 e. The van der Waals surface area contributed by atoms with Crippen molar-refractivity contribution in [3.63, 3.8) is 0 Å². The van der Waals surface area contributed by atoms with Crippen LogP contribution in [0.4, 0.5) is 10.7 Å². The van der Waals surface area contributed by atoms with Crippen molar-refractivity contribution in [3.8, 4) is 0 Å². The number of fused-ring (bicyclic) bond motifs is 1. The molecule has 1 aromatic heterocycles. The van der Waals surface area contributed by atoms with E-state index in [9.17, 15) is 4.79 Å². The summed E-state index contributed by atoms with van der Waals surface area (Å²) in [6.07, 6.45) is -0.520. The molecule has 0 saturated carbocycles. The summed E-state index contributed by atoms with van der Waals surface area (Å²) in [5, 5.41) is 2.54. The minimum atomic E-state index is -0.520. The summed E-state index contributed by atoms with van der Waals surface area (Å²) in [5.74, 6) is 0.475. The van der Waals surface area contributed by atoms with Crippen molar-refractivity contribution in [2.45, 2.75) is 0 Å². The first-order valence-electron chi connectivity index (χ1n) is 4.49. The zero-order valence-electron chi connectivity index (χ0n) is 8.52. The molecule has 1 heterocycles. The van der Waals surface area contributed by atoms with Gasteiger partial charge in [-0.3, -0.25) is 5.32 Å². The van der Waals surface area contributed by atoms with E-state index in [-0.39, 0.29) is 0 Å². The van der Waals surface area contributed by atoms with Crippen LogP contribution in [0.15, 0.2) is 24.3 Å². The summed E-state index contributed by atoms with van der Waals surface area (Å²) in [7, 11) is 3.15. The van der Waals surface area contributed by atoms with E-state index in [1.54, 1.807) is 4.57 Å². The summed E-state index contributed by atoms with van der Waals surface area (Å²) in [6.45, 7) is 0. The van der Waals surface area contributed by atoms with Gasteiger partial charge < -0.3 is 9.30 Å². The van der Waals surface area contributed by atoms with Gasteiger partial charge in [-0.2, -0.15) is 0 Å². The predicted molar refractivity (Wildman–Crippen MR) is 56.7 cm³/mol. The highest BCUT2D eigenvalue weighted by Gasteiger charge is 2.09. The first-order valence-corrected chi connectivity index (χ1v) is 4.49. The largest absolute Gasteiger partial charge is 0.453 e. The molecule has 0 aliphatic heterocycles. The fourth-order valence-electron chi connectivity index (χ4n) is 1.40. The molecular formula is C10H11N3O2. The third-order valence-corrected chi connectivity index (χ3v) is 2.19. The fourth-order valence-corrected chi connectivity index (χ4v) is 1.40. The Morgan fingerprint density at radius 1 is 1.47 bits per heavy atom. The first kappa shape index (κ1) is 9.51. The molecule has 0 fully saturated rings. The van der Waals surface area contributed by atoms with Crippen LogP contribution in [0.25, 0.3) is 11.0 Å². The van der Waals surface area contributed by atoms with E-state index in [1.165, 1.54) is 7.11 Å². The molecule has 0 radical (unpaired) electrons. The second kappa shape index (κ2) is 3.61. The van der Waals surface area contributed by atoms with Crippen LogP contribution in [-0.2, 0) is 11.8 Å². The average Bonchev–Trinajstić information content (AvgIpc) is 2.57. The number of benzene rings is 1. The number of amides is 1.